The fourth-order valence-corrected chi connectivity index (χ4v) is 3.36. The Bertz CT molecular complexity index is 880. The van der Waals surface area contributed by atoms with Crippen LogP contribution in [0, 0.1) is 0 Å². The summed E-state index contributed by atoms with van der Waals surface area (Å²) < 4.78 is 0. The van der Waals surface area contributed by atoms with Crippen LogP contribution in [0.25, 0.3) is 0 Å². The number of hydrogen-bond donors (Lipinski definition) is 0. The van der Waals surface area contributed by atoms with Gasteiger partial charge in [0.25, 0.3) is 23.6 Å². The standard InChI is InChI=1S/C19H14N2O4/c1-11(21-18(24)14-8-4-5-9-15(14)19(21)25)10-20-16(22)12-6-2-3-7-13(12)17(20)23/h2-9,11H,10H2,1H3/t11-/m1/s1. The van der Waals surface area contributed by atoms with Gasteiger partial charge in [-0.15, -0.1) is 0 Å². The van der Waals surface area contributed by atoms with Crippen molar-refractivity contribution in [3.63, 3.8) is 0 Å². The van der Waals surface area contributed by atoms with Crippen molar-refractivity contribution < 1.29 is 19.2 Å². The van der Waals surface area contributed by atoms with Crippen molar-refractivity contribution in [3.05, 3.63) is 70.8 Å². The Kier molecular flexibility index (Phi) is 3.28. The molecule has 2 aliphatic rings. The van der Waals surface area contributed by atoms with Crippen LogP contribution in [0.4, 0.5) is 0 Å². The number of amides is 4. The van der Waals surface area contributed by atoms with Crippen LogP contribution in [0.5, 0.6) is 0 Å². The van der Waals surface area contributed by atoms with Gasteiger partial charge >= 0.3 is 0 Å². The largest absolute Gasteiger partial charge is 0.272 e. The quantitative estimate of drug-likeness (QED) is 0.804. The normalized spacial score (nSPS) is 17.2. The van der Waals surface area contributed by atoms with Crippen molar-refractivity contribution in [1.29, 1.82) is 0 Å². The lowest BCUT2D eigenvalue weighted by Gasteiger charge is -2.26. The fraction of sp³-hybridized carbons (Fsp3) is 0.158. The van der Waals surface area contributed by atoms with E-state index in [1.807, 2.05) is 0 Å². The third-order valence-corrected chi connectivity index (χ3v) is 4.59. The van der Waals surface area contributed by atoms with Gasteiger partial charge in [-0.25, -0.2) is 0 Å². The van der Waals surface area contributed by atoms with E-state index in [9.17, 15) is 19.2 Å². The molecule has 0 fully saturated rings. The smallest absolute Gasteiger partial charge is 0.261 e. The molecule has 4 rings (SSSR count). The first kappa shape index (κ1) is 15.3. The monoisotopic (exact) mass is 334 g/mol. The van der Waals surface area contributed by atoms with Gasteiger partial charge in [0, 0.05) is 0 Å². The maximum atomic E-state index is 12.5. The van der Waals surface area contributed by atoms with Crippen LogP contribution >= 0.6 is 0 Å². The van der Waals surface area contributed by atoms with Crippen LogP contribution in [0.3, 0.4) is 0 Å². The Morgan fingerprint density at radius 2 is 1.04 bits per heavy atom. The number of rotatable bonds is 3. The second kappa shape index (κ2) is 5.37. The number of carbonyl (C=O) groups is 4. The number of benzene rings is 2. The maximum Gasteiger partial charge on any atom is 0.261 e. The van der Waals surface area contributed by atoms with E-state index in [1.54, 1.807) is 55.5 Å². The predicted octanol–water partition coefficient (Wildman–Crippen LogP) is 1.97. The summed E-state index contributed by atoms with van der Waals surface area (Å²) in [5.74, 6) is -1.59. The second-order valence-corrected chi connectivity index (χ2v) is 6.14. The summed E-state index contributed by atoms with van der Waals surface area (Å²) in [5, 5.41) is 0. The first-order valence-electron chi connectivity index (χ1n) is 7.93. The lowest BCUT2D eigenvalue weighted by Crippen LogP contribution is -2.46. The molecule has 0 N–H and O–H groups in total. The van der Waals surface area contributed by atoms with Crippen LogP contribution in [0.15, 0.2) is 48.5 Å². The van der Waals surface area contributed by atoms with Gasteiger partial charge in [-0.1, -0.05) is 24.3 Å². The number of imide groups is 2. The molecular weight excluding hydrogens is 320 g/mol. The third-order valence-electron chi connectivity index (χ3n) is 4.59. The number of carbonyl (C=O) groups excluding carboxylic acids is 4. The van der Waals surface area contributed by atoms with Gasteiger partial charge in [-0.2, -0.15) is 0 Å². The van der Waals surface area contributed by atoms with E-state index in [0.29, 0.717) is 22.3 Å². The Balaban J connectivity index is 1.59. The SMILES string of the molecule is C[C@H](CN1C(=O)c2ccccc2C1=O)N1C(=O)c2ccccc2C1=O. The Morgan fingerprint density at radius 3 is 1.44 bits per heavy atom. The first-order valence-corrected chi connectivity index (χ1v) is 7.93. The average Bonchev–Trinajstić information content (AvgIpc) is 3.02. The van der Waals surface area contributed by atoms with Crippen LogP contribution < -0.4 is 0 Å². The molecule has 0 unspecified atom stereocenters. The lowest BCUT2D eigenvalue weighted by atomic mass is 10.1. The molecule has 2 heterocycles. The zero-order valence-corrected chi connectivity index (χ0v) is 13.4. The van der Waals surface area contributed by atoms with Gasteiger partial charge in [0.1, 0.15) is 0 Å². The Labute approximate surface area is 143 Å². The minimum atomic E-state index is -0.616. The van der Waals surface area contributed by atoms with Gasteiger partial charge in [0.15, 0.2) is 0 Å². The molecule has 2 aliphatic heterocycles. The molecular formula is C19H14N2O4. The molecule has 1 atom stereocenters. The van der Waals surface area contributed by atoms with E-state index >= 15 is 0 Å². The summed E-state index contributed by atoms with van der Waals surface area (Å²) in [6.07, 6.45) is 0. The molecule has 6 nitrogen and oxygen atoms in total. The van der Waals surface area contributed by atoms with Crippen LogP contribution in [-0.4, -0.2) is 46.0 Å². The van der Waals surface area contributed by atoms with Crippen LogP contribution in [0.2, 0.25) is 0 Å². The summed E-state index contributed by atoms with van der Waals surface area (Å²) >= 11 is 0. The molecule has 0 aliphatic carbocycles. The molecule has 25 heavy (non-hydrogen) atoms. The Morgan fingerprint density at radius 1 is 0.680 bits per heavy atom. The van der Waals surface area contributed by atoms with Gasteiger partial charge in [0.05, 0.1) is 34.8 Å². The lowest BCUT2D eigenvalue weighted by molar-refractivity contribution is 0.0492. The van der Waals surface area contributed by atoms with Crippen molar-refractivity contribution in [3.8, 4) is 0 Å². The molecule has 0 radical (unpaired) electrons. The highest BCUT2D eigenvalue weighted by Gasteiger charge is 2.42. The summed E-state index contributed by atoms with van der Waals surface area (Å²) in [7, 11) is 0. The van der Waals surface area contributed by atoms with Crippen LogP contribution in [-0.2, 0) is 0 Å². The number of nitrogens with zero attached hydrogens (tertiary/aromatic N) is 2. The number of fused-ring (bicyclic) bond motifs is 2. The third kappa shape index (κ3) is 2.11. The molecule has 0 saturated heterocycles. The van der Waals surface area contributed by atoms with E-state index in [2.05, 4.69) is 0 Å². The van der Waals surface area contributed by atoms with Gasteiger partial charge in [-0.3, -0.25) is 29.0 Å². The maximum absolute atomic E-state index is 12.5. The van der Waals surface area contributed by atoms with Crippen molar-refractivity contribution in [2.45, 2.75) is 13.0 Å². The fourth-order valence-electron chi connectivity index (χ4n) is 3.36. The highest BCUT2D eigenvalue weighted by molar-refractivity contribution is 6.22. The predicted molar refractivity (Wildman–Crippen MR) is 88.2 cm³/mol. The van der Waals surface area contributed by atoms with E-state index in [1.165, 1.54) is 0 Å². The van der Waals surface area contributed by atoms with Crippen molar-refractivity contribution in [2.24, 2.45) is 0 Å². The highest BCUT2D eigenvalue weighted by Crippen LogP contribution is 2.27. The molecule has 0 saturated carbocycles. The van der Waals surface area contributed by atoms with Crippen LogP contribution in [0.1, 0.15) is 48.4 Å². The van der Waals surface area contributed by atoms with Crippen molar-refractivity contribution in [2.75, 3.05) is 6.54 Å². The first-order chi connectivity index (χ1) is 12.0. The highest BCUT2D eigenvalue weighted by atomic mass is 16.2. The molecule has 2 aromatic rings. The topological polar surface area (TPSA) is 74.8 Å². The summed E-state index contributed by atoms with van der Waals surface area (Å²) in [4.78, 5) is 52.2. The second-order valence-electron chi connectivity index (χ2n) is 6.14. The van der Waals surface area contributed by atoms with Crippen molar-refractivity contribution in [1.82, 2.24) is 9.80 Å². The molecule has 0 spiro atoms. The molecule has 0 aromatic heterocycles. The zero-order chi connectivity index (χ0) is 17.7. The van der Waals surface area contributed by atoms with Gasteiger partial charge in [0.2, 0.25) is 0 Å². The molecule has 4 amide bonds. The van der Waals surface area contributed by atoms with Gasteiger partial charge < -0.3 is 0 Å². The zero-order valence-electron chi connectivity index (χ0n) is 13.4. The van der Waals surface area contributed by atoms with E-state index in [0.717, 1.165) is 9.80 Å². The summed E-state index contributed by atoms with van der Waals surface area (Å²) in [5.41, 5.74) is 1.40. The summed E-state index contributed by atoms with van der Waals surface area (Å²) in [6.45, 7) is 1.63. The number of hydrogen-bond acceptors (Lipinski definition) is 4. The molecule has 6 heteroatoms. The summed E-state index contributed by atoms with van der Waals surface area (Å²) in [6, 6.07) is 12.6. The van der Waals surface area contributed by atoms with E-state index in [-0.39, 0.29) is 6.54 Å². The van der Waals surface area contributed by atoms with Gasteiger partial charge in [-0.05, 0) is 31.2 Å². The molecule has 0 bridgehead atoms. The minimum absolute atomic E-state index is 0.0299. The van der Waals surface area contributed by atoms with Crippen molar-refractivity contribution >= 4 is 23.6 Å². The molecule has 2 aromatic carbocycles. The van der Waals surface area contributed by atoms with E-state index in [4.69, 9.17) is 0 Å². The molecule has 124 valence electrons. The average molecular weight is 334 g/mol. The van der Waals surface area contributed by atoms with E-state index < -0.39 is 29.7 Å². The Hall–Kier alpha value is -3.28. The minimum Gasteiger partial charge on any atom is -0.272 e.